The van der Waals surface area contributed by atoms with Crippen LogP contribution in [-0.2, 0) is 4.57 Å². The predicted octanol–water partition coefficient (Wildman–Crippen LogP) is 0.328. The van der Waals surface area contributed by atoms with Gasteiger partial charge in [0, 0.05) is 0 Å². The van der Waals surface area contributed by atoms with E-state index in [1.165, 1.54) is 6.66 Å². The molecule has 0 aromatic rings. The molecule has 0 saturated carbocycles. The van der Waals surface area contributed by atoms with Crippen molar-refractivity contribution in [2.24, 2.45) is 0 Å². The second kappa shape index (κ2) is 3.71. The van der Waals surface area contributed by atoms with Crippen LogP contribution in [0.4, 0.5) is 0 Å². The average molecular weight is 198 g/mol. The molecule has 0 fully saturated rings. The molecule has 0 aliphatic rings. The third kappa shape index (κ3) is 6.75. The Balaban J connectivity index is 3.26. The Hall–Kier alpha value is 0.748. The Bertz CT molecular complexity index is 98.2. The van der Waals surface area contributed by atoms with Crippen LogP contribution in [0.1, 0.15) is 6.42 Å². The summed E-state index contributed by atoms with van der Waals surface area (Å²) in [6, 6.07) is 0. The Labute approximate surface area is 58.6 Å². The third-order valence-corrected chi connectivity index (χ3v) is 2.78. The van der Waals surface area contributed by atoms with Gasteiger partial charge in [-0.15, -0.1) is 0 Å². The van der Waals surface area contributed by atoms with Crippen molar-refractivity contribution in [2.75, 3.05) is 12.8 Å². The third-order valence-electron chi connectivity index (χ3n) is 0.777. The maximum atomic E-state index is 10.5. The molecule has 0 aliphatic carbocycles. The van der Waals surface area contributed by atoms with E-state index in [0.717, 1.165) is 11.6 Å². The van der Waals surface area contributed by atoms with Gasteiger partial charge in [-0.05, 0) is 0 Å². The van der Waals surface area contributed by atoms with Gasteiger partial charge >= 0.3 is 58.1 Å². The van der Waals surface area contributed by atoms with Crippen molar-refractivity contribution in [3.63, 3.8) is 0 Å². The Morgan fingerprint density at radius 2 is 2.25 bits per heavy atom. The van der Waals surface area contributed by atoms with Crippen LogP contribution in [0.3, 0.4) is 0 Å². The van der Waals surface area contributed by atoms with E-state index in [-0.39, 0.29) is 0 Å². The Morgan fingerprint density at radius 1 is 1.75 bits per heavy atom. The van der Waals surface area contributed by atoms with Crippen LogP contribution >= 0.6 is 7.37 Å². The summed E-state index contributed by atoms with van der Waals surface area (Å²) in [5.74, 6) is 0. The maximum absolute atomic E-state index is 10.5. The van der Waals surface area contributed by atoms with Crippen molar-refractivity contribution in [3.8, 4) is 0 Å². The van der Waals surface area contributed by atoms with E-state index in [0.29, 0.717) is 6.16 Å². The van der Waals surface area contributed by atoms with Crippen molar-refractivity contribution < 1.29 is 9.46 Å². The van der Waals surface area contributed by atoms with Gasteiger partial charge in [-0.2, -0.15) is 0 Å². The molecular formula is C4H12AsO2P. The van der Waals surface area contributed by atoms with Crippen LogP contribution in [0.25, 0.3) is 0 Å². The van der Waals surface area contributed by atoms with E-state index in [9.17, 15) is 4.57 Å². The first-order chi connectivity index (χ1) is 3.56. The van der Waals surface area contributed by atoms with E-state index in [1.54, 1.807) is 16.9 Å². The van der Waals surface area contributed by atoms with Crippen LogP contribution in [0.5, 0.6) is 0 Å². The summed E-state index contributed by atoms with van der Waals surface area (Å²) in [6.07, 6.45) is 1.38. The summed E-state index contributed by atoms with van der Waals surface area (Å²) in [5, 5.41) is 1.06. The van der Waals surface area contributed by atoms with Crippen LogP contribution in [0, 0.1) is 0 Å². The molecule has 0 rings (SSSR count). The zero-order chi connectivity index (χ0) is 6.62. The second-order valence-corrected chi connectivity index (χ2v) is 5.68. The van der Waals surface area contributed by atoms with E-state index in [4.69, 9.17) is 4.89 Å². The van der Waals surface area contributed by atoms with Crippen LogP contribution < -0.4 is 0 Å². The average Bonchev–Trinajstić information content (AvgIpc) is 1.59. The molecule has 0 aromatic heterocycles. The fourth-order valence-electron chi connectivity index (χ4n) is 0.385. The fraction of sp³-hybridized carbons (Fsp3) is 1.00. The molecule has 0 spiro atoms. The first-order valence-electron chi connectivity index (χ1n) is 2.55. The topological polar surface area (TPSA) is 37.3 Å². The van der Waals surface area contributed by atoms with Gasteiger partial charge in [0.25, 0.3) is 0 Å². The zero-order valence-corrected chi connectivity index (χ0v) is 8.32. The normalized spacial score (nSPS) is 17.9. The van der Waals surface area contributed by atoms with Crippen molar-refractivity contribution in [1.82, 2.24) is 0 Å². The van der Waals surface area contributed by atoms with Gasteiger partial charge in [0.1, 0.15) is 0 Å². The molecule has 0 aromatic carbocycles. The Kier molecular flexibility index (Phi) is 4.06. The van der Waals surface area contributed by atoms with Gasteiger partial charge in [0.2, 0.25) is 0 Å². The molecule has 0 saturated heterocycles. The number of hydrogen-bond acceptors (Lipinski definition) is 1. The summed E-state index contributed by atoms with van der Waals surface area (Å²) in [6.45, 7) is 1.41. The molecule has 0 heterocycles. The fourth-order valence-corrected chi connectivity index (χ4v) is 2.30. The first-order valence-corrected chi connectivity index (χ1v) is 6.56. The van der Waals surface area contributed by atoms with E-state index in [1.807, 2.05) is 0 Å². The molecule has 2 unspecified atom stereocenters. The monoisotopic (exact) mass is 198 g/mol. The summed E-state index contributed by atoms with van der Waals surface area (Å²) in [4.78, 5) is 8.71. The van der Waals surface area contributed by atoms with Crippen LogP contribution in [0.2, 0.25) is 5.21 Å². The second-order valence-electron chi connectivity index (χ2n) is 1.92. The van der Waals surface area contributed by atoms with Gasteiger partial charge in [-0.25, -0.2) is 0 Å². The molecule has 8 heavy (non-hydrogen) atoms. The molecule has 0 amide bonds. The van der Waals surface area contributed by atoms with Gasteiger partial charge in [-0.3, -0.25) is 0 Å². The summed E-state index contributed by atoms with van der Waals surface area (Å²) in [5.41, 5.74) is 0. The quantitative estimate of drug-likeness (QED) is 0.524. The molecule has 1 N–H and O–H groups in total. The van der Waals surface area contributed by atoms with E-state index < -0.39 is 7.37 Å². The molecule has 50 valence electrons. The number of rotatable bonds is 3. The molecule has 2 atom stereocenters. The van der Waals surface area contributed by atoms with Crippen molar-refractivity contribution in [3.05, 3.63) is 0 Å². The van der Waals surface area contributed by atoms with E-state index in [2.05, 4.69) is 0 Å². The molecule has 4 heteroatoms. The van der Waals surface area contributed by atoms with Gasteiger partial charge < -0.3 is 0 Å². The van der Waals surface area contributed by atoms with Crippen molar-refractivity contribution in [2.45, 2.75) is 11.6 Å². The van der Waals surface area contributed by atoms with Crippen molar-refractivity contribution in [1.29, 1.82) is 0 Å². The molecule has 0 bridgehead atoms. The molecule has 2 nitrogen and oxygen atoms in total. The minimum absolute atomic E-state index is 0.491. The molecule has 0 aliphatic heterocycles. The zero-order valence-electron chi connectivity index (χ0n) is 5.00. The predicted molar refractivity (Wildman–Crippen MR) is 38.6 cm³/mol. The Morgan fingerprint density at radius 3 is 2.38 bits per heavy atom. The SMILES string of the molecule is CP(=O)(O)CCC[AsH2]. The van der Waals surface area contributed by atoms with Gasteiger partial charge in [-0.1, -0.05) is 0 Å². The van der Waals surface area contributed by atoms with Gasteiger partial charge in [0.05, 0.1) is 0 Å². The van der Waals surface area contributed by atoms with Gasteiger partial charge in [0.15, 0.2) is 0 Å². The van der Waals surface area contributed by atoms with Crippen LogP contribution in [-0.4, -0.2) is 34.6 Å². The first kappa shape index (κ1) is 8.75. The standard InChI is InChI=1S/C4H12AsO2P/c1-8(6,7)4-2-3-5/h2-5H2,1H3,(H,6,7). The van der Waals surface area contributed by atoms with E-state index >= 15 is 0 Å². The minimum atomic E-state index is -2.67. The number of hydrogen-bond donors (Lipinski definition) is 1. The summed E-state index contributed by atoms with van der Waals surface area (Å²) >= 11 is 1.62. The summed E-state index contributed by atoms with van der Waals surface area (Å²) in [7, 11) is -2.67. The molecule has 0 radical (unpaired) electrons. The van der Waals surface area contributed by atoms with Crippen molar-refractivity contribution >= 4 is 24.2 Å². The molecular weight excluding hydrogens is 186 g/mol. The summed E-state index contributed by atoms with van der Waals surface area (Å²) < 4.78 is 10.5. The van der Waals surface area contributed by atoms with Crippen LogP contribution in [0.15, 0.2) is 0 Å².